The lowest BCUT2D eigenvalue weighted by molar-refractivity contribution is -0.140. The van der Waals surface area contributed by atoms with Gasteiger partial charge in [0.1, 0.15) is 6.04 Å². The topological polar surface area (TPSA) is 101 Å². The first-order chi connectivity index (χ1) is 6.78. The molecule has 15 heavy (non-hydrogen) atoms. The summed E-state index contributed by atoms with van der Waals surface area (Å²) in [6.45, 7) is 2.83. The number of carbonyl (C=O) groups is 2. The molecule has 0 aromatic rings. The predicted molar refractivity (Wildman–Crippen MR) is 54.2 cm³/mol. The Morgan fingerprint density at radius 2 is 1.93 bits per heavy atom. The van der Waals surface area contributed by atoms with E-state index in [4.69, 9.17) is 5.11 Å². The lowest BCUT2D eigenvalue weighted by Crippen LogP contribution is -2.44. The number of aliphatic carboxylic acids is 1. The molecular weight excluding hydrogens is 222 g/mol. The third kappa shape index (κ3) is 6.05. The Labute approximate surface area is 88.6 Å². The molecule has 6 nitrogen and oxygen atoms in total. The molecule has 0 aliphatic rings. The SMILES string of the molecule is CCCS(=O)(=O)C[C@H](NC(C)=O)C(=O)O. The van der Waals surface area contributed by atoms with Crippen LogP contribution >= 0.6 is 0 Å². The monoisotopic (exact) mass is 237 g/mol. The van der Waals surface area contributed by atoms with Crippen molar-refractivity contribution in [2.45, 2.75) is 26.3 Å². The Morgan fingerprint density at radius 1 is 1.40 bits per heavy atom. The molecule has 88 valence electrons. The summed E-state index contributed by atoms with van der Waals surface area (Å²) in [7, 11) is -3.42. The maximum Gasteiger partial charge on any atom is 0.327 e. The summed E-state index contributed by atoms with van der Waals surface area (Å²) in [6, 6.07) is -1.36. The molecule has 0 rings (SSSR count). The van der Waals surface area contributed by atoms with Crippen molar-refractivity contribution in [3.8, 4) is 0 Å². The van der Waals surface area contributed by atoms with Crippen LogP contribution in [-0.4, -0.2) is 42.9 Å². The zero-order valence-electron chi connectivity index (χ0n) is 8.69. The first kappa shape index (κ1) is 13.9. The van der Waals surface area contributed by atoms with Gasteiger partial charge in [-0.2, -0.15) is 0 Å². The van der Waals surface area contributed by atoms with Crippen molar-refractivity contribution in [2.75, 3.05) is 11.5 Å². The van der Waals surface area contributed by atoms with Crippen molar-refractivity contribution in [1.82, 2.24) is 5.32 Å². The largest absolute Gasteiger partial charge is 0.480 e. The normalized spacial score (nSPS) is 13.2. The van der Waals surface area contributed by atoms with E-state index < -0.39 is 33.5 Å². The van der Waals surface area contributed by atoms with Gasteiger partial charge in [-0.05, 0) is 6.42 Å². The highest BCUT2D eigenvalue weighted by Crippen LogP contribution is 1.98. The number of carbonyl (C=O) groups excluding carboxylic acids is 1. The third-order valence-corrected chi connectivity index (χ3v) is 3.48. The summed E-state index contributed by atoms with van der Waals surface area (Å²) in [5.41, 5.74) is 0. The van der Waals surface area contributed by atoms with Gasteiger partial charge < -0.3 is 10.4 Å². The minimum absolute atomic E-state index is 0.0731. The van der Waals surface area contributed by atoms with Crippen LogP contribution in [0, 0.1) is 0 Å². The molecule has 0 aromatic carbocycles. The first-order valence-corrected chi connectivity index (χ1v) is 6.31. The molecule has 0 spiro atoms. The van der Waals surface area contributed by atoms with Crippen LogP contribution in [0.2, 0.25) is 0 Å². The first-order valence-electron chi connectivity index (χ1n) is 4.49. The molecule has 0 aliphatic heterocycles. The Morgan fingerprint density at radius 3 is 2.27 bits per heavy atom. The van der Waals surface area contributed by atoms with Crippen LogP contribution < -0.4 is 5.32 Å². The summed E-state index contributed by atoms with van der Waals surface area (Å²) in [5, 5.41) is 10.8. The Balaban J connectivity index is 4.55. The zero-order chi connectivity index (χ0) is 12.1. The van der Waals surface area contributed by atoms with E-state index in [0.29, 0.717) is 6.42 Å². The van der Waals surface area contributed by atoms with Crippen LogP contribution in [0.25, 0.3) is 0 Å². The van der Waals surface area contributed by atoms with Gasteiger partial charge in [-0.3, -0.25) is 4.79 Å². The second kappa shape index (κ2) is 5.69. The molecule has 0 saturated carbocycles. The Bertz CT molecular complexity index is 335. The maximum absolute atomic E-state index is 11.3. The van der Waals surface area contributed by atoms with E-state index in [1.807, 2.05) is 0 Å². The lowest BCUT2D eigenvalue weighted by atomic mass is 10.3. The third-order valence-electron chi connectivity index (χ3n) is 1.61. The molecule has 2 N–H and O–H groups in total. The van der Waals surface area contributed by atoms with Crippen LogP contribution in [0.5, 0.6) is 0 Å². The smallest absolute Gasteiger partial charge is 0.327 e. The van der Waals surface area contributed by atoms with Gasteiger partial charge in [-0.1, -0.05) is 6.92 Å². The quantitative estimate of drug-likeness (QED) is 0.642. The van der Waals surface area contributed by atoms with Gasteiger partial charge in [-0.25, -0.2) is 13.2 Å². The van der Waals surface area contributed by atoms with Gasteiger partial charge in [0.15, 0.2) is 9.84 Å². The molecule has 0 heterocycles. The van der Waals surface area contributed by atoms with Crippen LogP contribution in [-0.2, 0) is 19.4 Å². The molecule has 0 radical (unpaired) electrons. The van der Waals surface area contributed by atoms with Crippen molar-refractivity contribution in [1.29, 1.82) is 0 Å². The number of sulfone groups is 1. The maximum atomic E-state index is 11.3. The molecule has 1 amide bonds. The highest BCUT2D eigenvalue weighted by molar-refractivity contribution is 7.91. The lowest BCUT2D eigenvalue weighted by Gasteiger charge is -2.12. The fraction of sp³-hybridized carbons (Fsp3) is 0.750. The fourth-order valence-corrected chi connectivity index (χ4v) is 2.59. The minimum atomic E-state index is -3.42. The molecular formula is C8H15NO5S. The van der Waals surface area contributed by atoms with E-state index in [1.165, 1.54) is 0 Å². The highest BCUT2D eigenvalue weighted by Gasteiger charge is 2.25. The molecule has 0 aromatic heterocycles. The van der Waals surface area contributed by atoms with E-state index in [9.17, 15) is 18.0 Å². The van der Waals surface area contributed by atoms with Gasteiger partial charge >= 0.3 is 5.97 Å². The molecule has 0 bridgehead atoms. The summed E-state index contributed by atoms with van der Waals surface area (Å²) < 4.78 is 22.6. The van der Waals surface area contributed by atoms with Crippen LogP contribution in [0.4, 0.5) is 0 Å². The van der Waals surface area contributed by atoms with E-state index in [2.05, 4.69) is 5.32 Å². The summed E-state index contributed by atoms with van der Waals surface area (Å²) >= 11 is 0. The average Bonchev–Trinajstić information content (AvgIpc) is 2.00. The summed E-state index contributed by atoms with van der Waals surface area (Å²) in [5.74, 6) is -2.54. The average molecular weight is 237 g/mol. The van der Waals surface area contributed by atoms with Gasteiger partial charge in [0, 0.05) is 12.7 Å². The van der Waals surface area contributed by atoms with Gasteiger partial charge in [0.05, 0.1) is 5.75 Å². The van der Waals surface area contributed by atoms with Crippen molar-refractivity contribution >= 4 is 21.7 Å². The molecule has 0 unspecified atom stereocenters. The van der Waals surface area contributed by atoms with Crippen molar-refractivity contribution in [3.05, 3.63) is 0 Å². The molecule has 7 heteroatoms. The minimum Gasteiger partial charge on any atom is -0.480 e. The summed E-state index contributed by atoms with van der Waals surface area (Å²) in [4.78, 5) is 21.3. The number of amides is 1. The van der Waals surface area contributed by atoms with Crippen molar-refractivity contribution < 1.29 is 23.1 Å². The number of nitrogens with one attached hydrogen (secondary N) is 1. The predicted octanol–water partition coefficient (Wildman–Crippen LogP) is -0.599. The van der Waals surface area contributed by atoms with Crippen LogP contribution in [0.3, 0.4) is 0 Å². The van der Waals surface area contributed by atoms with Gasteiger partial charge in [0.25, 0.3) is 0 Å². The number of carboxylic acids is 1. The number of hydrogen-bond acceptors (Lipinski definition) is 4. The van der Waals surface area contributed by atoms with Crippen LogP contribution in [0.15, 0.2) is 0 Å². The van der Waals surface area contributed by atoms with Gasteiger partial charge in [0.2, 0.25) is 5.91 Å². The second-order valence-corrected chi connectivity index (χ2v) is 5.43. The number of carboxylic acid groups (broad SMARTS) is 1. The Hall–Kier alpha value is -1.11. The van der Waals surface area contributed by atoms with Crippen molar-refractivity contribution in [3.63, 3.8) is 0 Å². The van der Waals surface area contributed by atoms with E-state index in [1.54, 1.807) is 6.92 Å². The summed E-state index contributed by atoms with van der Waals surface area (Å²) in [6.07, 6.45) is 0.425. The number of hydrogen-bond donors (Lipinski definition) is 2. The molecule has 0 fully saturated rings. The number of rotatable bonds is 6. The van der Waals surface area contributed by atoms with E-state index in [0.717, 1.165) is 6.92 Å². The zero-order valence-corrected chi connectivity index (χ0v) is 9.50. The van der Waals surface area contributed by atoms with Gasteiger partial charge in [-0.15, -0.1) is 0 Å². The molecule has 0 aliphatic carbocycles. The van der Waals surface area contributed by atoms with E-state index in [-0.39, 0.29) is 5.75 Å². The fourth-order valence-electron chi connectivity index (χ4n) is 1.07. The standard InChI is InChI=1S/C8H15NO5S/c1-3-4-15(13,14)5-7(8(11)12)9-6(2)10/h7H,3-5H2,1-2H3,(H,9,10)(H,11,12)/t7-/m0/s1. The van der Waals surface area contributed by atoms with Crippen LogP contribution in [0.1, 0.15) is 20.3 Å². The molecule has 0 saturated heterocycles. The second-order valence-electron chi connectivity index (χ2n) is 3.21. The molecule has 1 atom stereocenters. The highest BCUT2D eigenvalue weighted by atomic mass is 32.2. The Kier molecular flexibility index (Phi) is 5.27. The van der Waals surface area contributed by atoms with Crippen molar-refractivity contribution in [2.24, 2.45) is 0 Å². The van der Waals surface area contributed by atoms with E-state index >= 15 is 0 Å².